The molecule has 0 spiro atoms. The molecule has 1 amide bonds. The van der Waals surface area contributed by atoms with Crippen molar-refractivity contribution in [1.29, 1.82) is 0 Å². The molecule has 0 aliphatic heterocycles. The number of imidazole rings is 1. The van der Waals surface area contributed by atoms with E-state index in [1.165, 1.54) is 0 Å². The summed E-state index contributed by atoms with van der Waals surface area (Å²) in [7, 11) is 3.66. The second kappa shape index (κ2) is 4.10. The average molecular weight is 252 g/mol. The quantitative estimate of drug-likeness (QED) is 0.790. The number of aromatic nitrogens is 2. The van der Waals surface area contributed by atoms with Crippen LogP contribution in [0.25, 0.3) is 0 Å². The molecule has 0 unspecified atom stereocenters. The molecule has 1 fully saturated rings. The van der Waals surface area contributed by atoms with Crippen LogP contribution in [0.4, 0.5) is 0 Å². The lowest BCUT2D eigenvalue weighted by Gasteiger charge is -2.22. The van der Waals surface area contributed by atoms with Gasteiger partial charge in [0.15, 0.2) is 0 Å². The Labute approximate surface area is 106 Å². The molecule has 1 saturated carbocycles. The summed E-state index contributed by atoms with van der Waals surface area (Å²) in [5.41, 5.74) is 5.06. The summed E-state index contributed by atoms with van der Waals surface area (Å²) in [6.45, 7) is 0.479. The predicted molar refractivity (Wildman–Crippen MR) is 68.1 cm³/mol. The molecule has 1 aliphatic rings. The highest BCUT2D eigenvalue weighted by Gasteiger charge is 2.53. The van der Waals surface area contributed by atoms with Crippen LogP contribution in [0.1, 0.15) is 18.7 Å². The van der Waals surface area contributed by atoms with Crippen LogP contribution in [0, 0.1) is 5.41 Å². The zero-order chi connectivity index (χ0) is 12.6. The van der Waals surface area contributed by atoms with Crippen molar-refractivity contribution in [1.82, 2.24) is 14.5 Å². The van der Waals surface area contributed by atoms with Gasteiger partial charge in [0.1, 0.15) is 5.82 Å². The number of rotatable bonds is 4. The van der Waals surface area contributed by atoms with E-state index < -0.39 is 5.41 Å². The van der Waals surface area contributed by atoms with Crippen LogP contribution in [-0.2, 0) is 18.4 Å². The molecular weight excluding hydrogens is 236 g/mol. The molecule has 0 aromatic carbocycles. The third-order valence-electron chi connectivity index (χ3n) is 3.28. The summed E-state index contributed by atoms with van der Waals surface area (Å²) in [6, 6.07) is 0. The summed E-state index contributed by atoms with van der Waals surface area (Å²) < 4.78 is 1.89. The second-order valence-electron chi connectivity index (χ2n) is 4.56. The lowest BCUT2D eigenvalue weighted by Crippen LogP contribution is -2.40. The third kappa shape index (κ3) is 2.04. The number of nitrogens with zero attached hydrogens (tertiary/aromatic N) is 3. The van der Waals surface area contributed by atoms with Crippen LogP contribution in [0.3, 0.4) is 0 Å². The zero-order valence-corrected chi connectivity index (χ0v) is 10.8. The van der Waals surface area contributed by atoms with Crippen molar-refractivity contribution in [3.8, 4) is 0 Å². The van der Waals surface area contributed by atoms with Crippen molar-refractivity contribution in [3.63, 3.8) is 0 Å². The van der Waals surface area contributed by atoms with Gasteiger partial charge in [-0.15, -0.1) is 0 Å². The van der Waals surface area contributed by atoms with E-state index in [1.807, 2.05) is 17.8 Å². The number of hydrogen-bond acceptors (Lipinski definition) is 3. The predicted octanol–water partition coefficient (Wildman–Crippen LogP) is 0.445. The third-order valence-corrected chi connectivity index (χ3v) is 3.67. The molecule has 6 heteroatoms. The van der Waals surface area contributed by atoms with Gasteiger partial charge in [0.05, 0.1) is 16.9 Å². The maximum Gasteiger partial charge on any atom is 0.235 e. The molecule has 0 radical (unpaired) electrons. The number of amides is 1. The summed E-state index contributed by atoms with van der Waals surface area (Å²) >= 11 is 4.97. The summed E-state index contributed by atoms with van der Waals surface area (Å²) in [5.74, 6) is 0.854. The van der Waals surface area contributed by atoms with Crippen molar-refractivity contribution in [2.75, 3.05) is 7.05 Å². The van der Waals surface area contributed by atoms with Crippen molar-refractivity contribution in [3.05, 3.63) is 18.2 Å². The first kappa shape index (κ1) is 12.0. The van der Waals surface area contributed by atoms with Gasteiger partial charge in [-0.3, -0.25) is 4.79 Å². The molecular formula is C11H16N4OS. The SMILES string of the molecule is CN(Cc1nccn1C)C(=O)C1(C(N)=S)CC1. The monoisotopic (exact) mass is 252 g/mol. The van der Waals surface area contributed by atoms with Crippen LogP contribution in [0.15, 0.2) is 12.4 Å². The van der Waals surface area contributed by atoms with E-state index in [0.29, 0.717) is 11.5 Å². The Bertz CT molecular complexity index is 464. The molecule has 2 rings (SSSR count). The lowest BCUT2D eigenvalue weighted by atomic mass is 10.1. The Morgan fingerprint density at radius 3 is 2.76 bits per heavy atom. The number of hydrogen-bond donors (Lipinski definition) is 1. The van der Waals surface area contributed by atoms with Crippen LogP contribution >= 0.6 is 12.2 Å². The molecule has 2 N–H and O–H groups in total. The van der Waals surface area contributed by atoms with Crippen LogP contribution in [0.2, 0.25) is 0 Å². The highest BCUT2D eigenvalue weighted by molar-refractivity contribution is 7.80. The van der Waals surface area contributed by atoms with E-state index in [9.17, 15) is 4.79 Å². The van der Waals surface area contributed by atoms with E-state index in [-0.39, 0.29) is 5.91 Å². The van der Waals surface area contributed by atoms with Crippen molar-refractivity contribution in [2.24, 2.45) is 18.2 Å². The molecule has 1 heterocycles. The fourth-order valence-electron chi connectivity index (χ4n) is 1.89. The minimum Gasteiger partial charge on any atom is -0.392 e. The Morgan fingerprint density at radius 1 is 1.71 bits per heavy atom. The van der Waals surface area contributed by atoms with E-state index >= 15 is 0 Å². The molecule has 0 bridgehead atoms. The molecule has 1 aliphatic carbocycles. The topological polar surface area (TPSA) is 64.2 Å². The Balaban J connectivity index is 2.06. The molecule has 92 valence electrons. The first-order valence-electron chi connectivity index (χ1n) is 5.49. The van der Waals surface area contributed by atoms with Gasteiger partial charge in [-0.2, -0.15) is 0 Å². The molecule has 0 atom stereocenters. The van der Waals surface area contributed by atoms with Gasteiger partial charge in [0, 0.05) is 26.5 Å². The highest BCUT2D eigenvalue weighted by atomic mass is 32.1. The van der Waals surface area contributed by atoms with Crippen LogP contribution in [-0.4, -0.2) is 32.4 Å². The summed E-state index contributed by atoms with van der Waals surface area (Å²) in [5, 5.41) is 0. The number of thiocarbonyl (C=S) groups is 1. The molecule has 17 heavy (non-hydrogen) atoms. The minimum absolute atomic E-state index is 0.00741. The van der Waals surface area contributed by atoms with Crippen LogP contribution < -0.4 is 5.73 Å². The first-order chi connectivity index (χ1) is 7.97. The Kier molecular flexibility index (Phi) is 2.91. The maximum absolute atomic E-state index is 12.2. The molecule has 0 saturated heterocycles. The summed E-state index contributed by atoms with van der Waals surface area (Å²) in [6.07, 6.45) is 5.11. The van der Waals surface area contributed by atoms with E-state index in [0.717, 1.165) is 18.7 Å². The molecule has 5 nitrogen and oxygen atoms in total. The van der Waals surface area contributed by atoms with Gasteiger partial charge < -0.3 is 15.2 Å². The van der Waals surface area contributed by atoms with Gasteiger partial charge >= 0.3 is 0 Å². The zero-order valence-electron chi connectivity index (χ0n) is 10.0. The standard InChI is InChI=1S/C11H16N4OS/c1-14-6-5-13-8(14)7-15(2)10(16)11(3-4-11)9(12)17/h5-6H,3-4,7H2,1-2H3,(H2,12,17). The van der Waals surface area contributed by atoms with Gasteiger partial charge in [0.25, 0.3) is 0 Å². The smallest absolute Gasteiger partial charge is 0.235 e. The van der Waals surface area contributed by atoms with Crippen molar-refractivity contribution >= 4 is 23.1 Å². The number of carbonyl (C=O) groups is 1. The highest BCUT2D eigenvalue weighted by Crippen LogP contribution is 2.47. The van der Waals surface area contributed by atoms with Crippen LogP contribution in [0.5, 0.6) is 0 Å². The van der Waals surface area contributed by atoms with Crippen molar-refractivity contribution in [2.45, 2.75) is 19.4 Å². The Hall–Kier alpha value is -1.43. The summed E-state index contributed by atoms with van der Waals surface area (Å²) in [4.78, 5) is 18.4. The van der Waals surface area contributed by atoms with E-state index in [4.69, 9.17) is 18.0 Å². The normalized spacial score (nSPS) is 16.6. The van der Waals surface area contributed by atoms with E-state index in [2.05, 4.69) is 4.98 Å². The largest absolute Gasteiger partial charge is 0.392 e. The molecule has 1 aromatic rings. The van der Waals surface area contributed by atoms with Crippen molar-refractivity contribution < 1.29 is 4.79 Å². The number of nitrogens with two attached hydrogens (primary N) is 1. The minimum atomic E-state index is -0.574. The molecule has 1 aromatic heterocycles. The fourth-order valence-corrected chi connectivity index (χ4v) is 2.18. The van der Waals surface area contributed by atoms with E-state index in [1.54, 1.807) is 18.1 Å². The fraction of sp³-hybridized carbons (Fsp3) is 0.545. The van der Waals surface area contributed by atoms with Gasteiger partial charge in [0.2, 0.25) is 5.91 Å². The first-order valence-corrected chi connectivity index (χ1v) is 5.90. The average Bonchev–Trinajstić information content (AvgIpc) is 3.00. The van der Waals surface area contributed by atoms with Gasteiger partial charge in [-0.25, -0.2) is 4.98 Å². The number of aryl methyl sites for hydroxylation is 1. The second-order valence-corrected chi connectivity index (χ2v) is 5.00. The van der Waals surface area contributed by atoms with Gasteiger partial charge in [-0.1, -0.05) is 12.2 Å². The number of carbonyl (C=O) groups excluding carboxylic acids is 1. The lowest BCUT2D eigenvalue weighted by molar-refractivity contribution is -0.133. The van der Waals surface area contributed by atoms with Gasteiger partial charge in [-0.05, 0) is 12.8 Å². The Morgan fingerprint density at radius 2 is 2.35 bits per heavy atom. The maximum atomic E-state index is 12.2.